The molecule has 1 aliphatic rings. The number of ether oxygens (including phenoxy) is 2. The lowest BCUT2D eigenvalue weighted by Gasteiger charge is -2.36. The van der Waals surface area contributed by atoms with E-state index >= 15 is 0 Å². The summed E-state index contributed by atoms with van der Waals surface area (Å²) in [6, 6.07) is 27.9. The van der Waals surface area contributed by atoms with Gasteiger partial charge >= 0.3 is 11.9 Å². The molecule has 1 atom stereocenters. The van der Waals surface area contributed by atoms with Crippen LogP contribution in [0.15, 0.2) is 114 Å². The van der Waals surface area contributed by atoms with E-state index in [1.54, 1.807) is 36.4 Å². The molecule has 7 heteroatoms. The number of hydrogen-bond acceptors (Lipinski definition) is 7. The van der Waals surface area contributed by atoms with E-state index in [1.807, 2.05) is 48.5 Å². The van der Waals surface area contributed by atoms with E-state index in [0.717, 1.165) is 16.7 Å². The lowest BCUT2D eigenvalue weighted by molar-refractivity contribution is -0.139. The van der Waals surface area contributed by atoms with Gasteiger partial charge in [-0.05, 0) is 34.4 Å². The second-order valence-electron chi connectivity index (χ2n) is 8.23. The van der Waals surface area contributed by atoms with Crippen LogP contribution in [0.3, 0.4) is 0 Å². The maximum atomic E-state index is 13.2. The summed E-state index contributed by atoms with van der Waals surface area (Å²) in [5, 5.41) is 10.1. The van der Waals surface area contributed by atoms with Crippen LogP contribution >= 0.6 is 0 Å². The van der Waals surface area contributed by atoms with Crippen molar-refractivity contribution in [3.05, 3.63) is 131 Å². The van der Waals surface area contributed by atoms with Crippen LogP contribution in [0.4, 0.5) is 5.69 Å². The average molecular weight is 492 g/mol. The number of carbonyl (C=O) groups excluding carboxylic acids is 2. The van der Waals surface area contributed by atoms with Crippen LogP contribution in [0, 0.1) is 11.3 Å². The van der Waals surface area contributed by atoms with E-state index < -0.39 is 17.9 Å². The van der Waals surface area contributed by atoms with Gasteiger partial charge in [-0.2, -0.15) is 5.26 Å². The zero-order chi connectivity index (χ0) is 26.5. The normalized spacial score (nSPS) is 15.2. The second kappa shape index (κ2) is 10.7. The highest BCUT2D eigenvalue weighted by molar-refractivity contribution is 6.06. The Morgan fingerprint density at radius 2 is 1.41 bits per heavy atom. The van der Waals surface area contributed by atoms with Gasteiger partial charge in [-0.1, -0.05) is 79.4 Å². The van der Waals surface area contributed by atoms with Gasteiger partial charge in [-0.25, -0.2) is 9.59 Å². The summed E-state index contributed by atoms with van der Waals surface area (Å²) in [6.07, 6.45) is 0. The number of nitriles is 1. The molecule has 1 aliphatic heterocycles. The van der Waals surface area contributed by atoms with Crippen molar-refractivity contribution < 1.29 is 19.1 Å². The fourth-order valence-corrected chi connectivity index (χ4v) is 4.40. The Bertz CT molecular complexity index is 1450. The first-order valence-corrected chi connectivity index (χ1v) is 11.4. The van der Waals surface area contributed by atoms with E-state index in [0.29, 0.717) is 11.3 Å². The molecular formula is C30H25N3O4. The minimum atomic E-state index is -0.916. The number of rotatable bonds is 6. The van der Waals surface area contributed by atoms with Gasteiger partial charge in [0.05, 0.1) is 37.4 Å². The summed E-state index contributed by atoms with van der Waals surface area (Å²) in [7, 11) is 2.43. The predicted octanol–water partition coefficient (Wildman–Crippen LogP) is 4.65. The third-order valence-corrected chi connectivity index (χ3v) is 6.21. The van der Waals surface area contributed by atoms with Crippen LogP contribution in [0.25, 0.3) is 5.57 Å². The molecule has 0 aromatic heterocycles. The van der Waals surface area contributed by atoms with E-state index in [2.05, 4.69) is 12.6 Å². The molecule has 1 unspecified atom stereocenters. The number of methoxy groups -OCH3 is 2. The number of hydrogen-bond donors (Lipinski definition) is 1. The Kier molecular flexibility index (Phi) is 7.21. The minimum absolute atomic E-state index is 0.0130. The minimum Gasteiger partial charge on any atom is -0.466 e. The SMILES string of the molecule is C=C(c1ccccc1)c1ccc(N2C(N)=C(C#N)C(c3ccccc3)C(C(=O)OC)=C2C(=O)OC)cc1. The Morgan fingerprint density at radius 1 is 0.865 bits per heavy atom. The first kappa shape index (κ1) is 25.0. The number of nitrogens with zero attached hydrogens (tertiary/aromatic N) is 2. The van der Waals surface area contributed by atoms with E-state index in [1.165, 1.54) is 19.1 Å². The fraction of sp³-hybridized carbons (Fsp3) is 0.100. The molecule has 0 aliphatic carbocycles. The number of anilines is 1. The van der Waals surface area contributed by atoms with Gasteiger partial charge in [0.15, 0.2) is 0 Å². The van der Waals surface area contributed by atoms with Gasteiger partial charge in [0.25, 0.3) is 0 Å². The molecule has 0 fully saturated rings. The van der Waals surface area contributed by atoms with Crippen molar-refractivity contribution in [2.45, 2.75) is 5.92 Å². The molecule has 4 rings (SSSR count). The molecule has 184 valence electrons. The summed E-state index contributed by atoms with van der Waals surface area (Å²) in [4.78, 5) is 27.6. The van der Waals surface area contributed by atoms with Crippen LogP contribution in [0.5, 0.6) is 0 Å². The quantitative estimate of drug-likeness (QED) is 0.501. The van der Waals surface area contributed by atoms with E-state index in [4.69, 9.17) is 15.2 Å². The van der Waals surface area contributed by atoms with Gasteiger partial charge in [0.1, 0.15) is 11.5 Å². The zero-order valence-electron chi connectivity index (χ0n) is 20.5. The third kappa shape index (κ3) is 4.60. The van der Waals surface area contributed by atoms with Crippen LogP contribution in [-0.2, 0) is 19.1 Å². The molecule has 0 bridgehead atoms. The number of allylic oxidation sites excluding steroid dienone is 1. The van der Waals surface area contributed by atoms with Crippen LogP contribution in [0.2, 0.25) is 0 Å². The van der Waals surface area contributed by atoms with Crippen LogP contribution < -0.4 is 10.6 Å². The Morgan fingerprint density at radius 3 is 1.95 bits per heavy atom. The molecule has 7 nitrogen and oxygen atoms in total. The maximum Gasteiger partial charge on any atom is 0.355 e. The van der Waals surface area contributed by atoms with Crippen molar-refractivity contribution in [1.29, 1.82) is 5.26 Å². The number of nitrogens with two attached hydrogens (primary N) is 1. The Hall–Kier alpha value is -5.09. The topological polar surface area (TPSA) is 106 Å². The van der Waals surface area contributed by atoms with Crippen LogP contribution in [-0.4, -0.2) is 26.2 Å². The summed E-state index contributed by atoms with van der Waals surface area (Å²) in [6.45, 7) is 4.19. The van der Waals surface area contributed by atoms with Crippen molar-refractivity contribution in [3.63, 3.8) is 0 Å². The van der Waals surface area contributed by atoms with Gasteiger partial charge < -0.3 is 15.2 Å². The molecule has 0 saturated heterocycles. The summed E-state index contributed by atoms with van der Waals surface area (Å²) in [5.74, 6) is -2.47. The molecular weight excluding hydrogens is 466 g/mol. The monoisotopic (exact) mass is 491 g/mol. The molecule has 3 aromatic rings. The predicted molar refractivity (Wildman–Crippen MR) is 141 cm³/mol. The molecule has 2 N–H and O–H groups in total. The smallest absolute Gasteiger partial charge is 0.355 e. The van der Waals surface area contributed by atoms with E-state index in [9.17, 15) is 14.9 Å². The summed E-state index contributed by atoms with van der Waals surface area (Å²) < 4.78 is 10.1. The average Bonchev–Trinajstić information content (AvgIpc) is 2.96. The van der Waals surface area contributed by atoms with Crippen molar-refractivity contribution in [2.24, 2.45) is 5.73 Å². The van der Waals surface area contributed by atoms with Crippen molar-refractivity contribution in [3.8, 4) is 6.07 Å². The fourth-order valence-electron chi connectivity index (χ4n) is 4.40. The lowest BCUT2D eigenvalue weighted by atomic mass is 9.81. The maximum absolute atomic E-state index is 13.2. The summed E-state index contributed by atoms with van der Waals surface area (Å²) >= 11 is 0. The second-order valence-corrected chi connectivity index (χ2v) is 8.23. The largest absolute Gasteiger partial charge is 0.466 e. The highest BCUT2D eigenvalue weighted by Gasteiger charge is 2.42. The molecule has 0 amide bonds. The molecule has 3 aromatic carbocycles. The molecule has 0 radical (unpaired) electrons. The number of esters is 2. The van der Waals surface area contributed by atoms with Crippen molar-refractivity contribution in [2.75, 3.05) is 19.1 Å². The number of carbonyl (C=O) groups is 2. The first-order chi connectivity index (χ1) is 17.9. The Labute approximate surface area is 215 Å². The Balaban J connectivity index is 1.91. The number of benzene rings is 3. The van der Waals surface area contributed by atoms with Gasteiger partial charge in [-0.3, -0.25) is 4.90 Å². The highest BCUT2D eigenvalue weighted by Crippen LogP contribution is 2.43. The van der Waals surface area contributed by atoms with Crippen molar-refractivity contribution in [1.82, 2.24) is 0 Å². The lowest BCUT2D eigenvalue weighted by Crippen LogP contribution is -2.40. The molecule has 1 heterocycles. The van der Waals surface area contributed by atoms with Gasteiger partial charge in [-0.15, -0.1) is 0 Å². The van der Waals surface area contributed by atoms with Gasteiger partial charge in [0.2, 0.25) is 0 Å². The third-order valence-electron chi connectivity index (χ3n) is 6.21. The first-order valence-electron chi connectivity index (χ1n) is 11.4. The zero-order valence-corrected chi connectivity index (χ0v) is 20.5. The van der Waals surface area contributed by atoms with Gasteiger partial charge in [0, 0.05) is 5.69 Å². The van der Waals surface area contributed by atoms with Crippen LogP contribution in [0.1, 0.15) is 22.6 Å². The molecule has 37 heavy (non-hydrogen) atoms. The molecule has 0 spiro atoms. The molecule has 0 saturated carbocycles. The van der Waals surface area contributed by atoms with Crippen molar-refractivity contribution >= 4 is 23.2 Å². The highest BCUT2D eigenvalue weighted by atomic mass is 16.5. The van der Waals surface area contributed by atoms with E-state index in [-0.39, 0.29) is 22.7 Å². The standard InChI is InChI=1S/C30H25N3O4/c1-19(20-10-6-4-7-11-20)21-14-16-23(17-15-21)33-27(30(35)37-3)26(29(34)36-2)25(24(18-31)28(33)32)22-12-8-5-9-13-22/h4-17,25H,1,32H2,2-3H3. The summed E-state index contributed by atoms with van der Waals surface area (Å²) in [5.41, 5.74) is 10.2.